The molecule has 0 aliphatic heterocycles. The summed E-state index contributed by atoms with van der Waals surface area (Å²) in [6.07, 6.45) is -0.278. The smallest absolute Gasteiger partial charge is 0.310 e. The van der Waals surface area contributed by atoms with E-state index in [1.54, 1.807) is 13.8 Å². The fraction of sp³-hybridized carbons (Fsp3) is 0.364. The van der Waals surface area contributed by atoms with E-state index in [0.29, 0.717) is 0 Å². The van der Waals surface area contributed by atoms with Crippen molar-refractivity contribution in [3.8, 4) is 0 Å². The average Bonchev–Trinajstić information content (AvgIpc) is 2.75. The summed E-state index contributed by atoms with van der Waals surface area (Å²) in [5.41, 5.74) is 11.5. The maximum absolute atomic E-state index is 13.4. The maximum atomic E-state index is 13.4. The van der Waals surface area contributed by atoms with Gasteiger partial charge in [0.25, 0.3) is 0 Å². The molecule has 0 radical (unpaired) electrons. The summed E-state index contributed by atoms with van der Waals surface area (Å²) in [6, 6.07) is 5.31. The maximum Gasteiger partial charge on any atom is 0.310 e. The lowest BCUT2D eigenvalue weighted by atomic mass is 10.1. The molecule has 32 heavy (non-hydrogen) atoms. The van der Waals surface area contributed by atoms with E-state index in [1.807, 2.05) is 13.8 Å². The summed E-state index contributed by atoms with van der Waals surface area (Å²) in [7, 11) is 0. The summed E-state index contributed by atoms with van der Waals surface area (Å²) in [5.74, 6) is -2.19. The van der Waals surface area contributed by atoms with Crippen LogP contribution in [0.2, 0.25) is 10.0 Å². The molecule has 10 heteroatoms. The van der Waals surface area contributed by atoms with E-state index in [2.05, 4.69) is 0 Å². The summed E-state index contributed by atoms with van der Waals surface area (Å²) in [4.78, 5) is 22.2. The van der Waals surface area contributed by atoms with Crippen molar-refractivity contribution >= 4 is 46.5 Å². The Labute approximate surface area is 196 Å². The van der Waals surface area contributed by atoms with Crippen molar-refractivity contribution in [1.29, 1.82) is 0 Å². The molecular weight excluding hydrogens is 465 g/mol. The predicted molar refractivity (Wildman–Crippen MR) is 124 cm³/mol. The quantitative estimate of drug-likeness (QED) is 0.415. The lowest BCUT2D eigenvalue weighted by Gasteiger charge is -2.06. The van der Waals surface area contributed by atoms with Crippen LogP contribution in [0.1, 0.15) is 38.8 Å². The summed E-state index contributed by atoms with van der Waals surface area (Å²) >= 11 is 11.3. The Kier molecular flexibility index (Phi) is 14.0. The van der Waals surface area contributed by atoms with Gasteiger partial charge in [-0.25, -0.2) is 8.78 Å². The van der Waals surface area contributed by atoms with Gasteiger partial charge in [0.05, 0.1) is 47.5 Å². The fourth-order valence-corrected chi connectivity index (χ4v) is 2.59. The molecule has 0 aliphatic rings. The number of nitrogen functional groups attached to an aromatic ring is 2. The van der Waals surface area contributed by atoms with Crippen molar-refractivity contribution in [3.05, 3.63) is 57.1 Å². The normalized spacial score (nSPS) is 9.62. The second kappa shape index (κ2) is 15.3. The molecule has 0 aliphatic carbocycles. The standard InChI is InChI=1S/2C10H11ClFNO2.C2H6/c1-2-15-10(14)4-6-3-7(11)9(13)5-8(6)12;1-2-15-8(14)5-6-3-4-7(13)9(11)10(6)12;1-2/h3,5H,2,4,13H2,1H3;3-4H,2,5,13H2,1H3;1-2H3. The van der Waals surface area contributed by atoms with Gasteiger partial charge in [-0.1, -0.05) is 43.1 Å². The first-order valence-electron chi connectivity index (χ1n) is 9.87. The minimum atomic E-state index is -0.662. The highest BCUT2D eigenvalue weighted by atomic mass is 35.5. The number of hydrogen-bond acceptors (Lipinski definition) is 6. The van der Waals surface area contributed by atoms with E-state index < -0.39 is 23.6 Å². The summed E-state index contributed by atoms with van der Waals surface area (Å²) in [5, 5.41) is 0.0764. The number of carbonyl (C=O) groups excluding carboxylic acids is 2. The van der Waals surface area contributed by atoms with E-state index in [-0.39, 0.29) is 58.6 Å². The fourth-order valence-electron chi connectivity index (χ4n) is 2.21. The Balaban J connectivity index is 0.000000557. The van der Waals surface area contributed by atoms with E-state index >= 15 is 0 Å². The zero-order valence-corrected chi connectivity index (χ0v) is 19.9. The lowest BCUT2D eigenvalue weighted by Crippen LogP contribution is -2.09. The van der Waals surface area contributed by atoms with E-state index in [4.69, 9.17) is 44.1 Å². The van der Waals surface area contributed by atoms with E-state index in [1.165, 1.54) is 18.2 Å². The van der Waals surface area contributed by atoms with Crippen molar-refractivity contribution < 1.29 is 27.8 Å². The monoisotopic (exact) mass is 492 g/mol. The van der Waals surface area contributed by atoms with Crippen molar-refractivity contribution in [1.82, 2.24) is 0 Å². The first-order chi connectivity index (χ1) is 15.1. The van der Waals surface area contributed by atoms with Gasteiger partial charge in [0.1, 0.15) is 11.6 Å². The van der Waals surface area contributed by atoms with Gasteiger partial charge >= 0.3 is 11.9 Å². The molecule has 6 nitrogen and oxygen atoms in total. The van der Waals surface area contributed by atoms with Crippen molar-refractivity contribution in [2.45, 2.75) is 40.5 Å². The Morgan fingerprint density at radius 3 is 1.88 bits per heavy atom. The van der Waals surface area contributed by atoms with Crippen molar-refractivity contribution in [3.63, 3.8) is 0 Å². The first-order valence-corrected chi connectivity index (χ1v) is 10.6. The minimum absolute atomic E-state index is 0.139. The van der Waals surface area contributed by atoms with Gasteiger partial charge in [0.2, 0.25) is 0 Å². The van der Waals surface area contributed by atoms with Crippen LogP contribution in [-0.4, -0.2) is 25.2 Å². The van der Waals surface area contributed by atoms with Crippen LogP contribution in [-0.2, 0) is 31.9 Å². The number of ether oxygens (including phenoxy) is 2. The molecule has 0 aromatic heterocycles. The van der Waals surface area contributed by atoms with E-state index in [9.17, 15) is 18.4 Å². The number of rotatable bonds is 6. The third-order valence-electron chi connectivity index (χ3n) is 3.64. The molecule has 4 N–H and O–H groups in total. The number of benzene rings is 2. The molecule has 178 valence electrons. The van der Waals surface area contributed by atoms with Crippen LogP contribution < -0.4 is 11.5 Å². The topological polar surface area (TPSA) is 105 Å². The highest BCUT2D eigenvalue weighted by Gasteiger charge is 2.13. The molecule has 2 aromatic rings. The van der Waals surface area contributed by atoms with Gasteiger partial charge in [-0.2, -0.15) is 0 Å². The Bertz CT molecular complexity index is 894. The molecule has 0 saturated carbocycles. The highest BCUT2D eigenvalue weighted by molar-refractivity contribution is 6.33. The summed E-state index contributed by atoms with van der Waals surface area (Å²) in [6.45, 7) is 7.90. The molecule has 2 aromatic carbocycles. The predicted octanol–water partition coefficient (Wildman–Crippen LogP) is 5.36. The number of anilines is 2. The van der Waals surface area contributed by atoms with Crippen molar-refractivity contribution in [2.24, 2.45) is 0 Å². The molecule has 0 saturated heterocycles. The minimum Gasteiger partial charge on any atom is -0.466 e. The zero-order chi connectivity index (χ0) is 24.8. The largest absolute Gasteiger partial charge is 0.466 e. The molecule has 0 amide bonds. The third kappa shape index (κ3) is 9.70. The second-order valence-electron chi connectivity index (χ2n) is 5.87. The Morgan fingerprint density at radius 1 is 0.875 bits per heavy atom. The number of esters is 2. The highest BCUT2D eigenvalue weighted by Crippen LogP contribution is 2.25. The van der Waals surface area contributed by atoms with Gasteiger partial charge in [-0.3, -0.25) is 9.59 Å². The van der Waals surface area contributed by atoms with Crippen LogP contribution in [0.4, 0.5) is 20.2 Å². The average molecular weight is 493 g/mol. The van der Waals surface area contributed by atoms with Crippen LogP contribution >= 0.6 is 23.2 Å². The van der Waals surface area contributed by atoms with Crippen LogP contribution in [0.5, 0.6) is 0 Å². The Hall–Kier alpha value is -2.58. The van der Waals surface area contributed by atoms with Gasteiger partial charge in [0, 0.05) is 11.1 Å². The van der Waals surface area contributed by atoms with Crippen LogP contribution in [0, 0.1) is 11.6 Å². The lowest BCUT2D eigenvalue weighted by molar-refractivity contribution is -0.143. The Morgan fingerprint density at radius 2 is 1.38 bits per heavy atom. The molecule has 0 spiro atoms. The van der Waals surface area contributed by atoms with Crippen molar-refractivity contribution in [2.75, 3.05) is 24.7 Å². The molecule has 0 unspecified atom stereocenters. The van der Waals surface area contributed by atoms with Crippen LogP contribution in [0.3, 0.4) is 0 Å². The van der Waals surface area contributed by atoms with Gasteiger partial charge in [-0.15, -0.1) is 0 Å². The van der Waals surface area contributed by atoms with E-state index in [0.717, 1.165) is 6.07 Å². The van der Waals surface area contributed by atoms with Crippen LogP contribution in [0.15, 0.2) is 24.3 Å². The van der Waals surface area contributed by atoms with Gasteiger partial charge in [-0.05, 0) is 32.0 Å². The number of nitrogens with two attached hydrogens (primary N) is 2. The number of halogens is 4. The third-order valence-corrected chi connectivity index (χ3v) is 4.35. The number of carbonyl (C=O) groups is 2. The summed E-state index contributed by atoms with van der Waals surface area (Å²) < 4.78 is 36.1. The number of hydrogen-bond donors (Lipinski definition) is 2. The molecular formula is C22H28Cl2F2N2O4. The molecule has 0 atom stereocenters. The van der Waals surface area contributed by atoms with Crippen LogP contribution in [0.25, 0.3) is 0 Å². The van der Waals surface area contributed by atoms with Gasteiger partial charge < -0.3 is 20.9 Å². The SMILES string of the molecule is CC.CCOC(=O)Cc1cc(Cl)c(N)cc1F.CCOC(=O)Cc1ccc(N)c(Cl)c1F. The zero-order valence-electron chi connectivity index (χ0n) is 18.4. The first kappa shape index (κ1) is 29.4. The molecule has 0 fully saturated rings. The molecule has 0 heterocycles. The second-order valence-corrected chi connectivity index (χ2v) is 6.66. The van der Waals surface area contributed by atoms with Gasteiger partial charge in [0.15, 0.2) is 0 Å². The molecule has 0 bridgehead atoms. The molecule has 2 rings (SSSR count).